The van der Waals surface area contributed by atoms with E-state index in [0.29, 0.717) is 0 Å². The number of carbonyl (C=O) groups excluding carboxylic acids is 1. The number of rotatable bonds is 4. The highest BCUT2D eigenvalue weighted by Crippen LogP contribution is 2.15. The molecule has 0 aliphatic heterocycles. The number of primary amides is 1. The second kappa shape index (κ2) is 3.73. The van der Waals surface area contributed by atoms with Crippen LogP contribution in [0.4, 0.5) is 0 Å². The van der Waals surface area contributed by atoms with Crippen LogP contribution in [0.5, 0.6) is 0 Å². The van der Waals surface area contributed by atoms with Crippen LogP contribution in [0, 0.1) is 0 Å². The third-order valence-electron chi connectivity index (χ3n) is 1.68. The zero-order valence-corrected chi connectivity index (χ0v) is 8.74. The Hall–Kier alpha value is -1.46. The predicted octanol–water partition coefficient (Wildman–Crippen LogP) is 0.566. The van der Waals surface area contributed by atoms with Crippen molar-refractivity contribution in [2.45, 2.75) is 38.8 Å². The summed E-state index contributed by atoms with van der Waals surface area (Å²) in [5.41, 5.74) is 2.52. The molecular weight excluding hydrogens is 186 g/mol. The highest BCUT2D eigenvalue weighted by Gasteiger charge is 2.30. The van der Waals surface area contributed by atoms with E-state index in [1.807, 2.05) is 0 Å². The van der Waals surface area contributed by atoms with Crippen molar-refractivity contribution < 1.29 is 14.7 Å². The van der Waals surface area contributed by atoms with E-state index in [-0.39, 0.29) is 0 Å². The van der Waals surface area contributed by atoms with Gasteiger partial charge in [0.2, 0.25) is 5.91 Å². The summed E-state index contributed by atoms with van der Waals surface area (Å²) in [7, 11) is 0. The van der Waals surface area contributed by atoms with Crippen molar-refractivity contribution in [1.82, 2.24) is 0 Å². The third kappa shape index (κ3) is 3.12. The minimum absolute atomic E-state index is 0.651. The van der Waals surface area contributed by atoms with Crippen molar-refractivity contribution in [3.63, 3.8) is 0 Å². The summed E-state index contributed by atoms with van der Waals surface area (Å²) in [4.78, 5) is 21.5. The Morgan fingerprint density at radius 2 is 1.43 bits per heavy atom. The molecule has 0 spiro atoms. The number of azo groups is 1. The zero-order chi connectivity index (χ0) is 11.6. The van der Waals surface area contributed by atoms with Gasteiger partial charge in [-0.05, 0) is 27.7 Å². The van der Waals surface area contributed by atoms with E-state index in [1.54, 1.807) is 0 Å². The number of hydrogen-bond acceptors (Lipinski definition) is 4. The predicted molar refractivity (Wildman–Crippen MR) is 49.8 cm³/mol. The number of amides is 1. The van der Waals surface area contributed by atoms with Crippen molar-refractivity contribution in [2.75, 3.05) is 0 Å². The largest absolute Gasteiger partial charge is 0.479 e. The average molecular weight is 201 g/mol. The minimum atomic E-state index is -1.34. The van der Waals surface area contributed by atoms with Crippen LogP contribution >= 0.6 is 0 Å². The zero-order valence-electron chi connectivity index (χ0n) is 8.74. The summed E-state index contributed by atoms with van der Waals surface area (Å²) in [6.45, 7) is 5.71. The lowest BCUT2D eigenvalue weighted by molar-refractivity contribution is -0.142. The van der Waals surface area contributed by atoms with E-state index < -0.39 is 23.0 Å². The number of nitrogens with zero attached hydrogens (tertiary/aromatic N) is 2. The molecule has 0 unspecified atom stereocenters. The van der Waals surface area contributed by atoms with E-state index in [1.165, 1.54) is 27.7 Å². The first-order valence-electron chi connectivity index (χ1n) is 4.07. The van der Waals surface area contributed by atoms with Gasteiger partial charge in [0, 0.05) is 0 Å². The van der Waals surface area contributed by atoms with Gasteiger partial charge in [-0.2, -0.15) is 10.2 Å². The van der Waals surface area contributed by atoms with Crippen LogP contribution in [0.1, 0.15) is 27.7 Å². The Balaban J connectivity index is 4.76. The molecule has 0 aromatic rings. The Bertz CT molecular complexity index is 254. The summed E-state index contributed by atoms with van der Waals surface area (Å²) in [5.74, 6) is -1.76. The number of hydrogen-bond donors (Lipinski definition) is 2. The first kappa shape index (κ1) is 12.5. The van der Waals surface area contributed by atoms with E-state index >= 15 is 0 Å². The standard InChI is InChI=1S/C8H15N3O3/c1-7(2,5(9)12)10-11-8(3,4)6(13)14/h1-4H3,(H2,9,12)(H,13,14). The van der Waals surface area contributed by atoms with Gasteiger partial charge in [0.15, 0.2) is 11.1 Å². The molecule has 80 valence electrons. The Labute approximate surface area is 82.2 Å². The molecule has 0 rings (SSSR count). The highest BCUT2D eigenvalue weighted by molar-refractivity contribution is 5.83. The molecular formula is C8H15N3O3. The minimum Gasteiger partial charge on any atom is -0.479 e. The van der Waals surface area contributed by atoms with Gasteiger partial charge in [0.1, 0.15) is 0 Å². The summed E-state index contributed by atoms with van der Waals surface area (Å²) in [6.07, 6.45) is 0. The summed E-state index contributed by atoms with van der Waals surface area (Å²) < 4.78 is 0. The van der Waals surface area contributed by atoms with Crippen molar-refractivity contribution in [1.29, 1.82) is 0 Å². The molecule has 0 atom stereocenters. The van der Waals surface area contributed by atoms with Crippen molar-refractivity contribution in [2.24, 2.45) is 16.0 Å². The molecule has 0 bridgehead atoms. The van der Waals surface area contributed by atoms with Gasteiger partial charge in [-0.1, -0.05) is 0 Å². The normalized spacial score (nSPS) is 13.1. The van der Waals surface area contributed by atoms with Gasteiger partial charge in [0.05, 0.1) is 0 Å². The first-order chi connectivity index (χ1) is 6.09. The molecule has 0 fully saturated rings. The van der Waals surface area contributed by atoms with Crippen LogP contribution in [0.25, 0.3) is 0 Å². The lowest BCUT2D eigenvalue weighted by Crippen LogP contribution is -2.37. The maximum atomic E-state index is 10.8. The third-order valence-corrected chi connectivity index (χ3v) is 1.68. The van der Waals surface area contributed by atoms with Gasteiger partial charge < -0.3 is 10.8 Å². The summed E-state index contributed by atoms with van der Waals surface area (Å²) in [5, 5.41) is 15.9. The molecule has 14 heavy (non-hydrogen) atoms. The molecule has 3 N–H and O–H groups in total. The van der Waals surface area contributed by atoms with Crippen LogP contribution in [0.2, 0.25) is 0 Å². The Morgan fingerprint density at radius 1 is 1.07 bits per heavy atom. The second-order valence-corrected chi connectivity index (χ2v) is 3.99. The van der Waals surface area contributed by atoms with E-state index in [4.69, 9.17) is 10.8 Å². The number of aliphatic carboxylic acids is 1. The van der Waals surface area contributed by atoms with Crippen LogP contribution in [0.3, 0.4) is 0 Å². The van der Waals surface area contributed by atoms with E-state index in [2.05, 4.69) is 10.2 Å². The maximum absolute atomic E-state index is 10.8. The molecule has 6 heteroatoms. The maximum Gasteiger partial charge on any atom is 0.332 e. The van der Waals surface area contributed by atoms with E-state index in [0.717, 1.165) is 0 Å². The van der Waals surface area contributed by atoms with Gasteiger partial charge in [-0.15, -0.1) is 0 Å². The number of carboxylic acids is 1. The number of carboxylic acid groups (broad SMARTS) is 1. The summed E-state index contributed by atoms with van der Waals surface area (Å²) in [6, 6.07) is 0. The van der Waals surface area contributed by atoms with Crippen LogP contribution < -0.4 is 5.73 Å². The topological polar surface area (TPSA) is 105 Å². The lowest BCUT2D eigenvalue weighted by atomic mass is 10.1. The van der Waals surface area contributed by atoms with Crippen molar-refractivity contribution in [3.8, 4) is 0 Å². The highest BCUT2D eigenvalue weighted by atomic mass is 16.4. The fraction of sp³-hybridized carbons (Fsp3) is 0.750. The first-order valence-corrected chi connectivity index (χ1v) is 4.07. The average Bonchev–Trinajstić information content (AvgIpc) is 2.01. The number of carbonyl (C=O) groups is 2. The van der Waals surface area contributed by atoms with Crippen molar-refractivity contribution in [3.05, 3.63) is 0 Å². The van der Waals surface area contributed by atoms with Gasteiger partial charge in [-0.25, -0.2) is 4.79 Å². The smallest absolute Gasteiger partial charge is 0.332 e. The van der Waals surface area contributed by atoms with Gasteiger partial charge >= 0.3 is 5.97 Å². The molecule has 0 aromatic heterocycles. The summed E-state index contributed by atoms with van der Waals surface area (Å²) >= 11 is 0. The van der Waals surface area contributed by atoms with Crippen LogP contribution in [-0.4, -0.2) is 28.1 Å². The Kier molecular flexibility index (Phi) is 3.34. The second-order valence-electron chi connectivity index (χ2n) is 3.99. The molecule has 6 nitrogen and oxygen atoms in total. The molecule has 0 aliphatic rings. The quantitative estimate of drug-likeness (QED) is 0.649. The molecule has 1 amide bonds. The molecule has 0 heterocycles. The fourth-order valence-corrected chi connectivity index (χ4v) is 0.342. The number of nitrogens with two attached hydrogens (primary N) is 1. The fourth-order valence-electron chi connectivity index (χ4n) is 0.342. The van der Waals surface area contributed by atoms with Gasteiger partial charge in [-0.3, -0.25) is 4.79 Å². The van der Waals surface area contributed by atoms with E-state index in [9.17, 15) is 9.59 Å². The van der Waals surface area contributed by atoms with Crippen LogP contribution in [0.15, 0.2) is 10.2 Å². The SMILES string of the molecule is CC(C)(N=NC(C)(C)C(=O)O)C(N)=O. The van der Waals surface area contributed by atoms with Gasteiger partial charge in [0.25, 0.3) is 0 Å². The molecule has 0 saturated heterocycles. The molecule has 0 aromatic carbocycles. The molecule has 0 radical (unpaired) electrons. The molecule has 0 aliphatic carbocycles. The van der Waals surface area contributed by atoms with Crippen molar-refractivity contribution >= 4 is 11.9 Å². The molecule has 0 saturated carbocycles. The van der Waals surface area contributed by atoms with Crippen LogP contribution in [-0.2, 0) is 9.59 Å². The Morgan fingerprint density at radius 3 is 1.71 bits per heavy atom. The lowest BCUT2D eigenvalue weighted by Gasteiger charge is -2.17. The monoisotopic (exact) mass is 201 g/mol.